The molecule has 1 amide bonds. The number of H-pyrrole nitrogens is 1. The van der Waals surface area contributed by atoms with E-state index in [9.17, 15) is 4.79 Å². The van der Waals surface area contributed by atoms with Crippen LogP contribution in [0.15, 0.2) is 42.6 Å². The van der Waals surface area contributed by atoms with Crippen molar-refractivity contribution in [1.82, 2.24) is 15.3 Å². The van der Waals surface area contributed by atoms with Crippen molar-refractivity contribution < 1.29 is 4.79 Å². The second-order valence-corrected chi connectivity index (χ2v) is 6.38. The number of benzene rings is 1. The van der Waals surface area contributed by atoms with Crippen LogP contribution in [0.1, 0.15) is 40.2 Å². The molecule has 122 valence electrons. The van der Waals surface area contributed by atoms with Gasteiger partial charge < -0.3 is 10.3 Å². The van der Waals surface area contributed by atoms with Gasteiger partial charge in [-0.05, 0) is 61.6 Å². The summed E-state index contributed by atoms with van der Waals surface area (Å²) >= 11 is 0. The van der Waals surface area contributed by atoms with Crippen molar-refractivity contribution in [2.45, 2.75) is 32.1 Å². The van der Waals surface area contributed by atoms with Crippen LogP contribution < -0.4 is 5.32 Å². The summed E-state index contributed by atoms with van der Waals surface area (Å²) < 4.78 is 0. The highest BCUT2D eigenvalue weighted by atomic mass is 16.1. The summed E-state index contributed by atoms with van der Waals surface area (Å²) in [7, 11) is 0. The van der Waals surface area contributed by atoms with Gasteiger partial charge in [-0.1, -0.05) is 6.07 Å². The summed E-state index contributed by atoms with van der Waals surface area (Å²) in [6.07, 6.45) is 7.24. The number of carbonyl (C=O) groups is 1. The molecule has 1 aliphatic carbocycles. The molecule has 2 heterocycles. The van der Waals surface area contributed by atoms with Crippen molar-refractivity contribution in [1.29, 1.82) is 0 Å². The van der Waals surface area contributed by atoms with E-state index in [0.29, 0.717) is 6.54 Å². The third-order valence-corrected chi connectivity index (χ3v) is 4.75. The highest BCUT2D eigenvalue weighted by Gasteiger charge is 2.16. The zero-order valence-corrected chi connectivity index (χ0v) is 13.6. The summed E-state index contributed by atoms with van der Waals surface area (Å²) in [6, 6.07) is 11.8. The molecule has 0 aliphatic heterocycles. The van der Waals surface area contributed by atoms with Crippen molar-refractivity contribution in [3.8, 4) is 0 Å². The molecular weight excluding hydrogens is 298 g/mol. The molecule has 24 heavy (non-hydrogen) atoms. The van der Waals surface area contributed by atoms with Crippen LogP contribution in [-0.4, -0.2) is 22.4 Å². The molecule has 2 N–H and O–H groups in total. The third-order valence-electron chi connectivity index (χ3n) is 4.75. The van der Waals surface area contributed by atoms with Gasteiger partial charge in [0.2, 0.25) is 0 Å². The average Bonchev–Trinajstić information content (AvgIpc) is 3.00. The second kappa shape index (κ2) is 6.48. The molecule has 0 bridgehead atoms. The number of aromatic amines is 1. The Balaban J connectivity index is 1.48. The number of rotatable bonds is 4. The molecule has 2 aromatic heterocycles. The Hall–Kier alpha value is -2.62. The first-order valence-corrected chi connectivity index (χ1v) is 8.63. The second-order valence-electron chi connectivity index (χ2n) is 6.38. The highest BCUT2D eigenvalue weighted by molar-refractivity contribution is 5.99. The van der Waals surface area contributed by atoms with Crippen LogP contribution >= 0.6 is 0 Å². The minimum absolute atomic E-state index is 0.0152. The molecule has 0 atom stereocenters. The Labute approximate surface area is 141 Å². The molecule has 1 aliphatic rings. The number of nitrogens with zero attached hydrogens (tertiary/aromatic N) is 1. The highest BCUT2D eigenvalue weighted by Crippen LogP contribution is 2.29. The van der Waals surface area contributed by atoms with E-state index in [2.05, 4.69) is 15.3 Å². The van der Waals surface area contributed by atoms with E-state index in [4.69, 9.17) is 0 Å². The van der Waals surface area contributed by atoms with Crippen molar-refractivity contribution in [3.63, 3.8) is 0 Å². The molecule has 0 radical (unpaired) electrons. The Kier molecular flexibility index (Phi) is 4.03. The number of aromatic nitrogens is 2. The number of nitrogens with one attached hydrogen (secondary N) is 2. The molecule has 0 spiro atoms. The summed E-state index contributed by atoms with van der Waals surface area (Å²) in [5, 5.41) is 4.21. The molecule has 3 aromatic rings. The van der Waals surface area contributed by atoms with Crippen LogP contribution in [0, 0.1) is 0 Å². The van der Waals surface area contributed by atoms with Gasteiger partial charge in [0.25, 0.3) is 5.91 Å². The van der Waals surface area contributed by atoms with Crippen molar-refractivity contribution in [2.24, 2.45) is 0 Å². The van der Waals surface area contributed by atoms with Gasteiger partial charge in [-0.25, -0.2) is 0 Å². The molecule has 4 rings (SSSR count). The van der Waals surface area contributed by atoms with Gasteiger partial charge in [0.05, 0.1) is 0 Å². The van der Waals surface area contributed by atoms with Gasteiger partial charge in [-0.2, -0.15) is 0 Å². The predicted octanol–water partition coefficient (Wildman–Crippen LogP) is 3.41. The first-order chi connectivity index (χ1) is 11.8. The van der Waals surface area contributed by atoms with E-state index in [1.165, 1.54) is 29.5 Å². The molecule has 0 unspecified atom stereocenters. The number of carbonyl (C=O) groups excluding carboxylic acids is 1. The van der Waals surface area contributed by atoms with Crippen molar-refractivity contribution >= 4 is 16.8 Å². The smallest absolute Gasteiger partial charge is 0.251 e. The van der Waals surface area contributed by atoms with E-state index in [1.807, 2.05) is 36.4 Å². The number of pyridine rings is 1. The molecule has 4 heteroatoms. The Bertz CT molecular complexity index is 867. The monoisotopic (exact) mass is 319 g/mol. The largest absolute Gasteiger partial charge is 0.358 e. The van der Waals surface area contributed by atoms with Crippen LogP contribution in [0.4, 0.5) is 0 Å². The summed E-state index contributed by atoms with van der Waals surface area (Å²) in [5.74, 6) is -0.0152. The van der Waals surface area contributed by atoms with Gasteiger partial charge in [0.1, 0.15) is 0 Å². The lowest BCUT2D eigenvalue weighted by Gasteiger charge is -2.10. The molecule has 1 aromatic carbocycles. The number of hydrogen-bond acceptors (Lipinski definition) is 2. The summed E-state index contributed by atoms with van der Waals surface area (Å²) in [4.78, 5) is 20.2. The third kappa shape index (κ3) is 2.92. The fourth-order valence-corrected chi connectivity index (χ4v) is 3.50. The minimum atomic E-state index is -0.0152. The maximum absolute atomic E-state index is 12.4. The first kappa shape index (κ1) is 14.9. The molecule has 0 saturated carbocycles. The maximum atomic E-state index is 12.4. The molecular formula is C20H21N3O. The number of aryl methyl sites for hydroxylation is 2. The van der Waals surface area contributed by atoms with Gasteiger partial charge in [0, 0.05) is 47.0 Å². The van der Waals surface area contributed by atoms with Gasteiger partial charge in [-0.15, -0.1) is 0 Å². The average molecular weight is 319 g/mol. The standard InChI is InChI=1S/C20H21N3O/c24-20(22-12-10-15-5-3-4-11-21-15)14-8-9-19-17(13-14)16-6-1-2-7-18(16)23-19/h3-5,8-9,11,13,23H,1-2,6-7,10,12H2,(H,22,24). The van der Waals surface area contributed by atoms with E-state index in [-0.39, 0.29) is 5.91 Å². The van der Waals surface area contributed by atoms with E-state index in [0.717, 1.165) is 36.0 Å². The number of fused-ring (bicyclic) bond motifs is 3. The lowest BCUT2D eigenvalue weighted by molar-refractivity contribution is 0.0954. The fourth-order valence-electron chi connectivity index (χ4n) is 3.50. The lowest BCUT2D eigenvalue weighted by atomic mass is 9.95. The maximum Gasteiger partial charge on any atom is 0.251 e. The van der Waals surface area contributed by atoms with Gasteiger partial charge in [0.15, 0.2) is 0 Å². The quantitative estimate of drug-likeness (QED) is 0.774. The topological polar surface area (TPSA) is 57.8 Å². The SMILES string of the molecule is O=C(NCCc1ccccn1)c1ccc2[nH]c3c(c2c1)CCCC3. The van der Waals surface area contributed by atoms with Gasteiger partial charge in [-0.3, -0.25) is 9.78 Å². The molecule has 4 nitrogen and oxygen atoms in total. The van der Waals surface area contributed by atoms with Gasteiger partial charge >= 0.3 is 0 Å². The van der Waals surface area contributed by atoms with Crippen LogP contribution in [0.25, 0.3) is 10.9 Å². The number of hydrogen-bond donors (Lipinski definition) is 2. The van der Waals surface area contributed by atoms with Crippen LogP contribution in [0.3, 0.4) is 0 Å². The predicted molar refractivity (Wildman–Crippen MR) is 95.2 cm³/mol. The molecule has 0 fully saturated rings. The number of amides is 1. The van der Waals surface area contributed by atoms with Crippen LogP contribution in [0.5, 0.6) is 0 Å². The van der Waals surface area contributed by atoms with E-state index in [1.54, 1.807) is 6.20 Å². The zero-order valence-electron chi connectivity index (χ0n) is 13.6. The summed E-state index contributed by atoms with van der Waals surface area (Å²) in [5.41, 5.74) is 5.62. The van der Waals surface area contributed by atoms with Crippen LogP contribution in [0.2, 0.25) is 0 Å². The van der Waals surface area contributed by atoms with E-state index < -0.39 is 0 Å². The normalized spacial score (nSPS) is 13.7. The van der Waals surface area contributed by atoms with Crippen LogP contribution in [-0.2, 0) is 19.3 Å². The Morgan fingerprint density at radius 3 is 2.96 bits per heavy atom. The zero-order chi connectivity index (χ0) is 16.4. The van der Waals surface area contributed by atoms with Crippen molar-refractivity contribution in [2.75, 3.05) is 6.54 Å². The minimum Gasteiger partial charge on any atom is -0.358 e. The van der Waals surface area contributed by atoms with Crippen molar-refractivity contribution in [3.05, 3.63) is 65.1 Å². The molecule has 0 saturated heterocycles. The fraction of sp³-hybridized carbons (Fsp3) is 0.300. The first-order valence-electron chi connectivity index (χ1n) is 8.63. The van der Waals surface area contributed by atoms with E-state index >= 15 is 0 Å². The lowest BCUT2D eigenvalue weighted by Crippen LogP contribution is -2.25. The summed E-state index contributed by atoms with van der Waals surface area (Å²) in [6.45, 7) is 0.596. The Morgan fingerprint density at radius 2 is 2.08 bits per heavy atom. The Morgan fingerprint density at radius 1 is 1.17 bits per heavy atom.